The molecule has 1 heterocycles. The maximum absolute atomic E-state index is 6.12. The maximum Gasteiger partial charge on any atom is 0.146 e. The third-order valence-electron chi connectivity index (χ3n) is 2.06. The van der Waals surface area contributed by atoms with E-state index >= 15 is 0 Å². The fourth-order valence-corrected chi connectivity index (χ4v) is 2.22. The van der Waals surface area contributed by atoms with Crippen molar-refractivity contribution in [1.29, 1.82) is 0 Å². The van der Waals surface area contributed by atoms with Gasteiger partial charge in [-0.15, -0.1) is 0 Å². The van der Waals surface area contributed by atoms with Gasteiger partial charge in [0, 0.05) is 16.0 Å². The van der Waals surface area contributed by atoms with E-state index in [4.69, 9.17) is 16.3 Å². The fourth-order valence-electron chi connectivity index (χ4n) is 1.29. The van der Waals surface area contributed by atoms with E-state index in [0.717, 1.165) is 15.4 Å². The van der Waals surface area contributed by atoms with Crippen LogP contribution in [0.1, 0.15) is 5.56 Å². The van der Waals surface area contributed by atoms with Gasteiger partial charge in [0.15, 0.2) is 0 Å². The molecule has 1 aromatic heterocycles. The molecule has 1 aromatic carbocycles. The van der Waals surface area contributed by atoms with Gasteiger partial charge in [-0.3, -0.25) is 4.98 Å². The van der Waals surface area contributed by atoms with Crippen molar-refractivity contribution in [1.82, 2.24) is 4.98 Å². The molecule has 0 N–H and O–H groups in total. The molecule has 0 bridgehead atoms. The number of benzene rings is 1. The molecule has 0 aliphatic rings. The topological polar surface area (TPSA) is 22.1 Å². The van der Waals surface area contributed by atoms with E-state index in [1.165, 1.54) is 0 Å². The quantitative estimate of drug-likeness (QED) is 0.687. The van der Waals surface area contributed by atoms with Gasteiger partial charge in [-0.25, -0.2) is 0 Å². The Hall–Kier alpha value is -0.580. The number of ether oxygens (including phenoxy) is 1. The van der Waals surface area contributed by atoms with Gasteiger partial charge in [0.2, 0.25) is 0 Å². The summed E-state index contributed by atoms with van der Waals surface area (Å²) in [5, 5.41) is 1.35. The highest BCUT2D eigenvalue weighted by molar-refractivity contribution is 9.10. The Labute approximate surface area is 121 Å². The molecule has 0 spiro atoms. The second-order valence-corrected chi connectivity index (χ2v) is 5.22. The molecule has 0 atom stereocenters. The second kappa shape index (κ2) is 5.85. The first-order valence-electron chi connectivity index (χ1n) is 4.82. The smallest absolute Gasteiger partial charge is 0.146 e. The zero-order chi connectivity index (χ0) is 12.3. The van der Waals surface area contributed by atoms with Crippen LogP contribution in [0.25, 0.3) is 0 Å². The Balaban J connectivity index is 2.24. The van der Waals surface area contributed by atoms with Crippen LogP contribution in [0.2, 0.25) is 5.02 Å². The van der Waals surface area contributed by atoms with E-state index in [9.17, 15) is 0 Å². The fraction of sp³-hybridized carbons (Fsp3) is 0.0833. The first kappa shape index (κ1) is 12.9. The van der Waals surface area contributed by atoms with E-state index < -0.39 is 0 Å². The van der Waals surface area contributed by atoms with Crippen LogP contribution in [0.4, 0.5) is 0 Å². The molecule has 0 aliphatic carbocycles. The Morgan fingerprint density at radius 1 is 1.24 bits per heavy atom. The summed E-state index contributed by atoms with van der Waals surface area (Å²) in [7, 11) is 0. The van der Waals surface area contributed by atoms with E-state index in [0.29, 0.717) is 16.5 Å². The lowest BCUT2D eigenvalue weighted by Crippen LogP contribution is -1.87. The minimum atomic E-state index is 0.585. The third kappa shape index (κ3) is 3.44. The van der Waals surface area contributed by atoms with Gasteiger partial charge in [0.1, 0.15) is 11.5 Å². The molecule has 2 aromatic rings. The van der Waals surface area contributed by atoms with Crippen LogP contribution in [0.15, 0.2) is 41.1 Å². The molecule has 0 saturated heterocycles. The van der Waals surface area contributed by atoms with Crippen molar-refractivity contribution >= 4 is 43.5 Å². The molecule has 0 radical (unpaired) electrons. The summed E-state index contributed by atoms with van der Waals surface area (Å²) in [4.78, 5) is 4.02. The molecule has 2 nitrogen and oxygen atoms in total. The van der Waals surface area contributed by atoms with Gasteiger partial charge in [-0.05, 0) is 39.7 Å². The van der Waals surface area contributed by atoms with Crippen molar-refractivity contribution < 1.29 is 4.74 Å². The molecule has 0 aliphatic heterocycles. The number of hydrogen-bond donors (Lipinski definition) is 0. The van der Waals surface area contributed by atoms with Crippen LogP contribution in [-0.2, 0) is 5.33 Å². The Kier molecular flexibility index (Phi) is 4.42. The van der Waals surface area contributed by atoms with Gasteiger partial charge in [-0.1, -0.05) is 33.6 Å². The molecule has 2 rings (SSSR count). The lowest BCUT2D eigenvalue weighted by Gasteiger charge is -2.08. The number of pyridine rings is 1. The van der Waals surface area contributed by atoms with Crippen LogP contribution < -0.4 is 4.74 Å². The van der Waals surface area contributed by atoms with E-state index in [2.05, 4.69) is 36.8 Å². The standard InChI is InChI=1S/C12H8Br2ClNO/c13-5-8-1-2-12(11(15)3-8)17-10-4-9(14)6-16-7-10/h1-4,6-7H,5H2. The van der Waals surface area contributed by atoms with E-state index in [-0.39, 0.29) is 0 Å². The average Bonchev–Trinajstić information content (AvgIpc) is 2.32. The van der Waals surface area contributed by atoms with Gasteiger partial charge >= 0.3 is 0 Å². The largest absolute Gasteiger partial charge is 0.454 e. The lowest BCUT2D eigenvalue weighted by atomic mass is 10.2. The summed E-state index contributed by atoms with van der Waals surface area (Å²) in [5.41, 5.74) is 1.11. The number of nitrogens with zero attached hydrogens (tertiary/aromatic N) is 1. The normalized spacial score (nSPS) is 10.3. The summed E-state index contributed by atoms with van der Waals surface area (Å²) in [6, 6.07) is 7.51. The second-order valence-electron chi connectivity index (χ2n) is 3.34. The summed E-state index contributed by atoms with van der Waals surface area (Å²) in [6.45, 7) is 0. The van der Waals surface area contributed by atoms with Crippen molar-refractivity contribution in [3.8, 4) is 11.5 Å². The highest BCUT2D eigenvalue weighted by Gasteiger charge is 2.04. The van der Waals surface area contributed by atoms with Crippen LogP contribution in [0.5, 0.6) is 11.5 Å². The van der Waals surface area contributed by atoms with Crippen molar-refractivity contribution in [3.05, 3.63) is 51.7 Å². The molecule has 88 valence electrons. The highest BCUT2D eigenvalue weighted by Crippen LogP contribution is 2.31. The molecule has 5 heteroatoms. The van der Waals surface area contributed by atoms with Crippen LogP contribution >= 0.6 is 43.5 Å². The zero-order valence-corrected chi connectivity index (χ0v) is 12.6. The number of hydrogen-bond acceptors (Lipinski definition) is 2. The Morgan fingerprint density at radius 2 is 2.06 bits per heavy atom. The Bertz CT molecular complexity index is 534. The third-order valence-corrected chi connectivity index (χ3v) is 3.43. The number of alkyl halides is 1. The van der Waals surface area contributed by atoms with Crippen LogP contribution in [-0.4, -0.2) is 4.98 Å². The predicted molar refractivity (Wildman–Crippen MR) is 76.1 cm³/mol. The van der Waals surface area contributed by atoms with Gasteiger partial charge in [0.05, 0.1) is 11.2 Å². The number of halogens is 3. The summed E-state index contributed by atoms with van der Waals surface area (Å²) < 4.78 is 6.51. The molecular formula is C12H8Br2ClNO. The molecular weight excluding hydrogens is 369 g/mol. The van der Waals surface area contributed by atoms with Gasteiger partial charge in [0.25, 0.3) is 0 Å². The monoisotopic (exact) mass is 375 g/mol. The highest BCUT2D eigenvalue weighted by atomic mass is 79.9. The first-order chi connectivity index (χ1) is 8.19. The molecule has 17 heavy (non-hydrogen) atoms. The summed E-state index contributed by atoms with van der Waals surface area (Å²) >= 11 is 12.8. The lowest BCUT2D eigenvalue weighted by molar-refractivity contribution is 0.480. The van der Waals surface area contributed by atoms with Gasteiger partial charge < -0.3 is 4.74 Å². The van der Waals surface area contributed by atoms with E-state index in [1.807, 2.05) is 24.3 Å². The Morgan fingerprint density at radius 3 is 2.71 bits per heavy atom. The molecule has 0 unspecified atom stereocenters. The summed E-state index contributed by atoms with van der Waals surface area (Å²) in [5.74, 6) is 1.27. The first-order valence-corrected chi connectivity index (χ1v) is 7.11. The number of aromatic nitrogens is 1. The van der Waals surface area contributed by atoms with Crippen LogP contribution in [0, 0.1) is 0 Å². The van der Waals surface area contributed by atoms with Crippen molar-refractivity contribution in [3.63, 3.8) is 0 Å². The van der Waals surface area contributed by atoms with Crippen molar-refractivity contribution in [2.75, 3.05) is 0 Å². The molecule has 0 saturated carbocycles. The molecule has 0 fully saturated rings. The minimum absolute atomic E-state index is 0.585. The van der Waals surface area contributed by atoms with Gasteiger partial charge in [-0.2, -0.15) is 0 Å². The predicted octanol–water partition coefficient (Wildman–Crippen LogP) is 5.18. The minimum Gasteiger partial charge on any atom is -0.454 e. The van der Waals surface area contributed by atoms with Crippen molar-refractivity contribution in [2.45, 2.75) is 5.33 Å². The number of rotatable bonds is 3. The SMILES string of the molecule is Clc1cc(CBr)ccc1Oc1cncc(Br)c1. The van der Waals surface area contributed by atoms with E-state index in [1.54, 1.807) is 12.4 Å². The molecule has 0 amide bonds. The maximum atomic E-state index is 6.12. The summed E-state index contributed by atoms with van der Waals surface area (Å²) in [6.07, 6.45) is 3.34. The zero-order valence-electron chi connectivity index (χ0n) is 8.66. The van der Waals surface area contributed by atoms with Crippen molar-refractivity contribution in [2.24, 2.45) is 0 Å². The average molecular weight is 377 g/mol. The van der Waals surface area contributed by atoms with Crippen LogP contribution in [0.3, 0.4) is 0 Å².